The number of halogens is 2. The van der Waals surface area contributed by atoms with Gasteiger partial charge in [-0.2, -0.15) is 0 Å². The number of anilines is 2. The van der Waals surface area contributed by atoms with Gasteiger partial charge in [-0.3, -0.25) is 0 Å². The summed E-state index contributed by atoms with van der Waals surface area (Å²) < 4.78 is 18.9. The van der Waals surface area contributed by atoms with Crippen LogP contribution in [0.25, 0.3) is 0 Å². The van der Waals surface area contributed by atoms with Crippen LogP contribution < -0.4 is 10.6 Å². The quantitative estimate of drug-likeness (QED) is 0.865. The molecule has 1 aromatic carbocycles. The molecule has 0 spiro atoms. The van der Waals surface area contributed by atoms with Crippen LogP contribution in [0.3, 0.4) is 0 Å². The highest BCUT2D eigenvalue weighted by atomic mass is 35.5. The largest absolute Gasteiger partial charge is 0.464 e. The van der Waals surface area contributed by atoms with Gasteiger partial charge in [0, 0.05) is 13.1 Å². The van der Waals surface area contributed by atoms with Crippen LogP contribution in [0.15, 0.2) is 28.7 Å². The molecule has 0 fully saturated rings. The van der Waals surface area contributed by atoms with Crippen molar-refractivity contribution < 1.29 is 8.81 Å². The van der Waals surface area contributed by atoms with Crippen molar-refractivity contribution in [2.75, 3.05) is 17.7 Å². The van der Waals surface area contributed by atoms with E-state index in [1.54, 1.807) is 0 Å². The Morgan fingerprint density at radius 1 is 1.39 bits per heavy atom. The second-order valence-corrected chi connectivity index (χ2v) is 4.60. The van der Waals surface area contributed by atoms with Gasteiger partial charge < -0.3 is 15.1 Å². The summed E-state index contributed by atoms with van der Waals surface area (Å²) in [6.45, 7) is 2.39. The second-order valence-electron chi connectivity index (χ2n) is 4.19. The minimum atomic E-state index is -0.483. The number of aryl methyl sites for hydroxylation is 1. The van der Waals surface area contributed by atoms with E-state index in [-0.39, 0.29) is 5.02 Å². The average Bonchev–Trinajstić information content (AvgIpc) is 2.69. The molecule has 2 N–H and O–H groups in total. The number of hydrogen-bond acceptors (Lipinski definition) is 3. The van der Waals surface area contributed by atoms with Gasteiger partial charge >= 0.3 is 0 Å². The number of nitrogens with two attached hydrogens (primary N) is 1. The molecule has 1 aromatic heterocycles. The van der Waals surface area contributed by atoms with E-state index in [0.29, 0.717) is 17.9 Å². The van der Waals surface area contributed by atoms with Crippen molar-refractivity contribution in [3.8, 4) is 0 Å². The van der Waals surface area contributed by atoms with E-state index in [1.165, 1.54) is 12.1 Å². The fraction of sp³-hybridized carbons (Fsp3) is 0.231. The molecule has 0 saturated carbocycles. The Morgan fingerprint density at radius 2 is 2.11 bits per heavy atom. The molecule has 18 heavy (non-hydrogen) atoms. The number of benzene rings is 1. The van der Waals surface area contributed by atoms with Gasteiger partial charge in [0.1, 0.15) is 17.3 Å². The first kappa shape index (κ1) is 12.8. The molecule has 0 radical (unpaired) electrons. The van der Waals surface area contributed by atoms with Crippen LogP contribution in [0.4, 0.5) is 15.8 Å². The molecule has 96 valence electrons. The Hall–Kier alpha value is -1.68. The third-order valence-electron chi connectivity index (χ3n) is 2.67. The number of furan rings is 1. The van der Waals surface area contributed by atoms with Gasteiger partial charge in [0.15, 0.2) is 0 Å². The van der Waals surface area contributed by atoms with Crippen molar-refractivity contribution in [3.05, 3.63) is 46.6 Å². The summed E-state index contributed by atoms with van der Waals surface area (Å²) in [4.78, 5) is 1.81. The zero-order chi connectivity index (χ0) is 13.3. The summed E-state index contributed by atoms with van der Waals surface area (Å²) in [5.74, 6) is 1.15. The van der Waals surface area contributed by atoms with Gasteiger partial charge in [0.25, 0.3) is 0 Å². The third-order valence-corrected chi connectivity index (χ3v) is 2.96. The molecule has 1 heterocycles. The van der Waals surface area contributed by atoms with Crippen molar-refractivity contribution in [1.82, 2.24) is 0 Å². The van der Waals surface area contributed by atoms with Gasteiger partial charge in [-0.05, 0) is 25.1 Å². The predicted octanol–water partition coefficient (Wildman–Crippen LogP) is 3.60. The maximum atomic E-state index is 13.4. The minimum Gasteiger partial charge on any atom is -0.464 e. The Kier molecular flexibility index (Phi) is 3.48. The lowest BCUT2D eigenvalue weighted by atomic mass is 10.2. The third kappa shape index (κ3) is 2.59. The summed E-state index contributed by atoms with van der Waals surface area (Å²) in [6.07, 6.45) is 0. The lowest BCUT2D eigenvalue weighted by Gasteiger charge is -2.20. The Morgan fingerprint density at radius 3 is 2.72 bits per heavy atom. The van der Waals surface area contributed by atoms with Crippen LogP contribution in [0, 0.1) is 12.7 Å². The first-order valence-electron chi connectivity index (χ1n) is 5.48. The molecule has 2 aromatic rings. The first-order chi connectivity index (χ1) is 8.47. The SMILES string of the molecule is Cc1ccc(CN(C)c2cc(F)c(Cl)cc2N)o1. The standard InChI is InChI=1S/C13H14ClFN2O/c1-8-3-4-9(18-8)7-17(2)13-6-11(15)10(14)5-12(13)16/h3-6H,7,16H2,1-2H3. The van der Waals surface area contributed by atoms with E-state index in [1.807, 2.05) is 31.0 Å². The molecule has 3 nitrogen and oxygen atoms in total. The van der Waals surface area contributed by atoms with E-state index in [4.69, 9.17) is 21.8 Å². The number of nitrogen functional groups attached to an aromatic ring is 1. The molecule has 5 heteroatoms. The lowest BCUT2D eigenvalue weighted by Crippen LogP contribution is -2.17. The number of hydrogen-bond donors (Lipinski definition) is 1. The minimum absolute atomic E-state index is 0.0264. The van der Waals surface area contributed by atoms with Gasteiger partial charge in [-0.15, -0.1) is 0 Å². The summed E-state index contributed by atoms with van der Waals surface area (Å²) in [6, 6.07) is 6.51. The fourth-order valence-corrected chi connectivity index (χ4v) is 1.94. The number of rotatable bonds is 3. The maximum Gasteiger partial charge on any atom is 0.144 e. The predicted molar refractivity (Wildman–Crippen MR) is 71.4 cm³/mol. The van der Waals surface area contributed by atoms with Gasteiger partial charge in [-0.1, -0.05) is 11.6 Å². The molecule has 0 amide bonds. The molecule has 0 saturated heterocycles. The second kappa shape index (κ2) is 4.90. The van der Waals surface area contributed by atoms with Crippen LogP contribution in [-0.2, 0) is 6.54 Å². The molecule has 0 aliphatic carbocycles. The number of nitrogens with zero attached hydrogens (tertiary/aromatic N) is 1. The topological polar surface area (TPSA) is 42.4 Å². The molecular weight excluding hydrogens is 255 g/mol. The van der Waals surface area contributed by atoms with Crippen LogP contribution >= 0.6 is 11.6 Å². The zero-order valence-corrected chi connectivity index (χ0v) is 11.0. The Balaban J connectivity index is 2.23. The molecule has 0 unspecified atom stereocenters. The van der Waals surface area contributed by atoms with Crippen molar-refractivity contribution >= 4 is 23.0 Å². The van der Waals surface area contributed by atoms with Crippen LogP contribution in [0.5, 0.6) is 0 Å². The van der Waals surface area contributed by atoms with Crippen molar-refractivity contribution in [1.29, 1.82) is 0 Å². The van der Waals surface area contributed by atoms with Crippen LogP contribution in [0.1, 0.15) is 11.5 Å². The highest BCUT2D eigenvalue weighted by Gasteiger charge is 2.11. The van der Waals surface area contributed by atoms with Gasteiger partial charge in [-0.25, -0.2) is 4.39 Å². The van der Waals surface area contributed by atoms with Crippen molar-refractivity contribution in [2.45, 2.75) is 13.5 Å². The Bertz CT molecular complexity index is 568. The van der Waals surface area contributed by atoms with Crippen LogP contribution in [-0.4, -0.2) is 7.05 Å². The fourth-order valence-electron chi connectivity index (χ4n) is 1.77. The van der Waals surface area contributed by atoms with Crippen molar-refractivity contribution in [3.63, 3.8) is 0 Å². The monoisotopic (exact) mass is 268 g/mol. The molecule has 0 atom stereocenters. The highest BCUT2D eigenvalue weighted by Crippen LogP contribution is 2.29. The van der Waals surface area contributed by atoms with Gasteiger partial charge in [0.05, 0.1) is 22.9 Å². The zero-order valence-electron chi connectivity index (χ0n) is 10.2. The van der Waals surface area contributed by atoms with E-state index in [0.717, 1.165) is 11.5 Å². The molecule has 0 aliphatic heterocycles. The molecule has 0 bridgehead atoms. The average molecular weight is 269 g/mol. The van der Waals surface area contributed by atoms with E-state index in [2.05, 4.69) is 0 Å². The summed E-state index contributed by atoms with van der Waals surface area (Å²) in [5.41, 5.74) is 6.85. The Labute approximate surface area is 110 Å². The molecule has 0 aliphatic rings. The normalized spacial score (nSPS) is 10.7. The van der Waals surface area contributed by atoms with Crippen LogP contribution in [0.2, 0.25) is 5.02 Å². The first-order valence-corrected chi connectivity index (χ1v) is 5.86. The van der Waals surface area contributed by atoms with E-state index in [9.17, 15) is 4.39 Å². The molecular formula is C13H14ClFN2O. The highest BCUT2D eigenvalue weighted by molar-refractivity contribution is 6.31. The molecule has 2 rings (SSSR count). The van der Waals surface area contributed by atoms with Gasteiger partial charge in [0.2, 0.25) is 0 Å². The van der Waals surface area contributed by atoms with E-state index >= 15 is 0 Å². The van der Waals surface area contributed by atoms with Crippen molar-refractivity contribution in [2.24, 2.45) is 0 Å². The smallest absolute Gasteiger partial charge is 0.144 e. The maximum absolute atomic E-state index is 13.4. The summed E-state index contributed by atoms with van der Waals surface area (Å²) in [5, 5.41) is 0.0264. The van der Waals surface area contributed by atoms with E-state index < -0.39 is 5.82 Å². The summed E-state index contributed by atoms with van der Waals surface area (Å²) >= 11 is 5.66. The summed E-state index contributed by atoms with van der Waals surface area (Å²) in [7, 11) is 1.82. The lowest BCUT2D eigenvalue weighted by molar-refractivity contribution is 0.481.